The normalized spacial score (nSPS) is 10.7. The number of rotatable bonds is 2. The zero-order chi connectivity index (χ0) is 11.7. The molecule has 1 aromatic heterocycles. The zero-order valence-corrected chi connectivity index (χ0v) is 9.37. The summed E-state index contributed by atoms with van der Waals surface area (Å²) in [4.78, 5) is 4.17. The van der Waals surface area contributed by atoms with Gasteiger partial charge >= 0.3 is 0 Å². The first-order chi connectivity index (χ1) is 7.59. The molecule has 0 aliphatic rings. The molecule has 0 aliphatic heterocycles. The molecule has 0 radical (unpaired) electrons. The number of hydrogen-bond donors (Lipinski definition) is 1. The summed E-state index contributed by atoms with van der Waals surface area (Å²) in [6.07, 6.45) is 1.70. The van der Waals surface area contributed by atoms with E-state index >= 15 is 0 Å². The maximum absolute atomic E-state index is 13.6. The average Bonchev–Trinajstić information content (AvgIpc) is 2.55. The minimum Gasteiger partial charge on any atom is -0.398 e. The van der Waals surface area contributed by atoms with E-state index in [2.05, 4.69) is 4.98 Å². The molecule has 2 aromatic rings. The van der Waals surface area contributed by atoms with Crippen LogP contribution in [-0.4, -0.2) is 9.55 Å². The molecule has 0 amide bonds. The summed E-state index contributed by atoms with van der Waals surface area (Å²) in [6.45, 7) is 4.31. The zero-order valence-electron chi connectivity index (χ0n) is 9.37. The van der Waals surface area contributed by atoms with Crippen molar-refractivity contribution in [3.63, 3.8) is 0 Å². The quantitative estimate of drug-likeness (QED) is 0.787. The largest absolute Gasteiger partial charge is 0.398 e. The Labute approximate surface area is 93.7 Å². The molecule has 0 saturated heterocycles. The van der Waals surface area contributed by atoms with Gasteiger partial charge in [0.25, 0.3) is 0 Å². The first kappa shape index (κ1) is 10.7. The smallest absolute Gasteiger partial charge is 0.130 e. The molecule has 0 saturated carbocycles. The molecule has 0 aliphatic carbocycles. The third-order valence-electron chi connectivity index (χ3n) is 2.83. The van der Waals surface area contributed by atoms with Gasteiger partial charge in [0.1, 0.15) is 5.82 Å². The Morgan fingerprint density at radius 1 is 1.38 bits per heavy atom. The van der Waals surface area contributed by atoms with Crippen LogP contribution in [0.3, 0.4) is 0 Å². The molecule has 16 heavy (non-hydrogen) atoms. The number of aromatic nitrogens is 2. The van der Waals surface area contributed by atoms with Crippen molar-refractivity contribution < 1.29 is 4.39 Å². The maximum Gasteiger partial charge on any atom is 0.130 e. The first-order valence-corrected chi connectivity index (χ1v) is 5.11. The fourth-order valence-corrected chi connectivity index (χ4v) is 1.62. The second kappa shape index (κ2) is 3.96. The van der Waals surface area contributed by atoms with Crippen LogP contribution in [0.4, 0.5) is 10.1 Å². The van der Waals surface area contributed by atoms with Crippen molar-refractivity contribution in [3.05, 3.63) is 47.3 Å². The van der Waals surface area contributed by atoms with E-state index in [4.69, 9.17) is 5.73 Å². The number of nitrogen functional groups attached to an aromatic ring is 1. The van der Waals surface area contributed by atoms with Crippen molar-refractivity contribution in [3.8, 4) is 0 Å². The number of aryl methyl sites for hydroxylation is 1. The molecule has 84 valence electrons. The summed E-state index contributed by atoms with van der Waals surface area (Å²) < 4.78 is 15.5. The van der Waals surface area contributed by atoms with Crippen molar-refractivity contribution >= 4 is 5.69 Å². The van der Waals surface area contributed by atoms with E-state index in [-0.39, 0.29) is 5.82 Å². The standard InChI is InChI=1S/C12H14FN3/c1-8-9(2)16(7-15-8)6-10-11(13)4-3-5-12(10)14/h3-5,7H,6,14H2,1-2H3. The monoisotopic (exact) mass is 219 g/mol. The predicted octanol–water partition coefficient (Wildman–Crippen LogP) is 2.27. The lowest BCUT2D eigenvalue weighted by Crippen LogP contribution is -2.06. The van der Waals surface area contributed by atoms with Gasteiger partial charge in [0, 0.05) is 16.9 Å². The highest BCUT2D eigenvalue weighted by molar-refractivity contribution is 5.47. The summed E-state index contributed by atoms with van der Waals surface area (Å²) >= 11 is 0. The highest BCUT2D eigenvalue weighted by atomic mass is 19.1. The fraction of sp³-hybridized carbons (Fsp3) is 0.250. The number of anilines is 1. The second-order valence-electron chi connectivity index (χ2n) is 3.85. The van der Waals surface area contributed by atoms with E-state index in [9.17, 15) is 4.39 Å². The van der Waals surface area contributed by atoms with Crippen LogP contribution in [0.2, 0.25) is 0 Å². The molecular formula is C12H14FN3. The van der Waals surface area contributed by atoms with Crippen molar-refractivity contribution in [2.45, 2.75) is 20.4 Å². The Morgan fingerprint density at radius 2 is 2.12 bits per heavy atom. The van der Waals surface area contributed by atoms with Crippen LogP contribution in [0.1, 0.15) is 17.0 Å². The molecule has 1 heterocycles. The third kappa shape index (κ3) is 1.78. The number of imidazole rings is 1. The van der Waals surface area contributed by atoms with E-state index in [1.165, 1.54) is 6.07 Å². The number of halogens is 1. The summed E-state index contributed by atoms with van der Waals surface area (Å²) in [5, 5.41) is 0. The predicted molar refractivity (Wildman–Crippen MR) is 61.6 cm³/mol. The highest BCUT2D eigenvalue weighted by Crippen LogP contribution is 2.18. The topological polar surface area (TPSA) is 43.8 Å². The lowest BCUT2D eigenvalue weighted by atomic mass is 10.1. The Kier molecular flexibility index (Phi) is 2.64. The van der Waals surface area contributed by atoms with E-state index in [0.717, 1.165) is 11.4 Å². The van der Waals surface area contributed by atoms with Gasteiger partial charge in [0.2, 0.25) is 0 Å². The Morgan fingerprint density at radius 3 is 2.69 bits per heavy atom. The Bertz CT molecular complexity index is 497. The van der Waals surface area contributed by atoms with Crippen LogP contribution >= 0.6 is 0 Å². The van der Waals surface area contributed by atoms with Crippen LogP contribution in [0.15, 0.2) is 24.5 Å². The van der Waals surface area contributed by atoms with Crippen molar-refractivity contribution in [1.82, 2.24) is 9.55 Å². The van der Waals surface area contributed by atoms with Crippen LogP contribution in [0, 0.1) is 19.7 Å². The lowest BCUT2D eigenvalue weighted by molar-refractivity contribution is 0.598. The molecule has 4 heteroatoms. The van der Waals surface area contributed by atoms with Crippen LogP contribution in [0.25, 0.3) is 0 Å². The van der Waals surface area contributed by atoms with E-state index in [0.29, 0.717) is 17.8 Å². The van der Waals surface area contributed by atoms with Crippen LogP contribution in [0.5, 0.6) is 0 Å². The molecule has 0 unspecified atom stereocenters. The van der Waals surface area contributed by atoms with Crippen molar-refractivity contribution in [2.75, 3.05) is 5.73 Å². The number of benzene rings is 1. The average molecular weight is 219 g/mol. The molecule has 2 rings (SSSR count). The van der Waals surface area contributed by atoms with Gasteiger partial charge < -0.3 is 10.3 Å². The molecule has 0 atom stereocenters. The molecule has 3 nitrogen and oxygen atoms in total. The van der Waals surface area contributed by atoms with Gasteiger partial charge in [0.15, 0.2) is 0 Å². The minimum atomic E-state index is -0.272. The number of nitrogens with two attached hydrogens (primary N) is 1. The van der Waals surface area contributed by atoms with Gasteiger partial charge in [-0.2, -0.15) is 0 Å². The Hall–Kier alpha value is -1.84. The van der Waals surface area contributed by atoms with Crippen LogP contribution in [-0.2, 0) is 6.54 Å². The number of hydrogen-bond acceptors (Lipinski definition) is 2. The number of nitrogens with zero attached hydrogens (tertiary/aromatic N) is 2. The molecule has 0 fully saturated rings. The highest BCUT2D eigenvalue weighted by Gasteiger charge is 2.09. The van der Waals surface area contributed by atoms with Gasteiger partial charge in [-0.3, -0.25) is 0 Å². The van der Waals surface area contributed by atoms with Gasteiger partial charge in [-0.05, 0) is 26.0 Å². The summed E-state index contributed by atoms with van der Waals surface area (Å²) in [5.41, 5.74) is 8.73. The van der Waals surface area contributed by atoms with E-state index in [1.807, 2.05) is 18.4 Å². The molecular weight excluding hydrogens is 205 g/mol. The maximum atomic E-state index is 13.6. The van der Waals surface area contributed by atoms with Gasteiger partial charge in [0.05, 0.1) is 18.6 Å². The van der Waals surface area contributed by atoms with Gasteiger partial charge in [-0.15, -0.1) is 0 Å². The summed E-state index contributed by atoms with van der Waals surface area (Å²) in [5.74, 6) is -0.272. The fourth-order valence-electron chi connectivity index (χ4n) is 1.62. The third-order valence-corrected chi connectivity index (χ3v) is 2.83. The summed E-state index contributed by atoms with van der Waals surface area (Å²) in [6, 6.07) is 4.74. The molecule has 0 bridgehead atoms. The SMILES string of the molecule is Cc1ncn(Cc2c(N)cccc2F)c1C. The summed E-state index contributed by atoms with van der Waals surface area (Å²) in [7, 11) is 0. The van der Waals surface area contributed by atoms with Crippen LogP contribution < -0.4 is 5.73 Å². The van der Waals surface area contributed by atoms with E-state index in [1.54, 1.807) is 18.5 Å². The molecule has 1 aromatic carbocycles. The van der Waals surface area contributed by atoms with Crippen molar-refractivity contribution in [2.24, 2.45) is 0 Å². The van der Waals surface area contributed by atoms with Crippen molar-refractivity contribution in [1.29, 1.82) is 0 Å². The van der Waals surface area contributed by atoms with E-state index < -0.39 is 0 Å². The van der Waals surface area contributed by atoms with Gasteiger partial charge in [-0.25, -0.2) is 9.37 Å². The van der Waals surface area contributed by atoms with Gasteiger partial charge in [-0.1, -0.05) is 6.07 Å². The second-order valence-corrected chi connectivity index (χ2v) is 3.85. The first-order valence-electron chi connectivity index (χ1n) is 5.11. The molecule has 2 N–H and O–H groups in total. The Balaban J connectivity index is 2.38. The lowest BCUT2D eigenvalue weighted by Gasteiger charge is -2.09. The minimum absolute atomic E-state index is 0.272. The molecule has 0 spiro atoms.